The van der Waals surface area contributed by atoms with Crippen LogP contribution in [0.2, 0.25) is 0 Å². The summed E-state index contributed by atoms with van der Waals surface area (Å²) in [6, 6.07) is 0. The zero-order valence-corrected chi connectivity index (χ0v) is 11.1. The number of esters is 1. The summed E-state index contributed by atoms with van der Waals surface area (Å²) in [4.78, 5) is 22.7. The van der Waals surface area contributed by atoms with Crippen molar-refractivity contribution in [3.05, 3.63) is 0 Å². The van der Waals surface area contributed by atoms with Gasteiger partial charge in [0.2, 0.25) is 0 Å². The number of hydrogen-bond acceptors (Lipinski definition) is 5. The number of carbonyl (C=O) groups excluding carboxylic acids is 2. The first kappa shape index (κ1) is 15.9. The minimum Gasteiger partial charge on any atom is -0.434 e. The van der Waals surface area contributed by atoms with Gasteiger partial charge in [0.15, 0.2) is 0 Å². The molecule has 0 aliphatic heterocycles. The van der Waals surface area contributed by atoms with Crippen molar-refractivity contribution < 1.29 is 19.1 Å². The first-order valence-electron chi connectivity index (χ1n) is 5.97. The Morgan fingerprint density at radius 3 is 2.41 bits per heavy atom. The standard InChI is InChI=1S/C12H23NO4/c1-5-6-7-16-11(15)17-10(14)12(4,13)8-9(2)3/h9H,5-8,13H2,1-4H3. The van der Waals surface area contributed by atoms with E-state index in [0.29, 0.717) is 6.42 Å². The molecule has 0 bridgehead atoms. The SMILES string of the molecule is CCCCOC(=O)OC(=O)C(C)(N)CC(C)C. The molecule has 2 N–H and O–H groups in total. The van der Waals surface area contributed by atoms with Crippen LogP contribution in [0, 0.1) is 5.92 Å². The van der Waals surface area contributed by atoms with Crippen LogP contribution in [0.25, 0.3) is 0 Å². The molecule has 100 valence electrons. The molecule has 0 aromatic carbocycles. The van der Waals surface area contributed by atoms with Crippen LogP contribution in [0.4, 0.5) is 4.79 Å². The third-order valence-electron chi connectivity index (χ3n) is 2.19. The smallest absolute Gasteiger partial charge is 0.434 e. The van der Waals surface area contributed by atoms with Crippen molar-refractivity contribution in [2.75, 3.05) is 6.61 Å². The Labute approximate surface area is 103 Å². The van der Waals surface area contributed by atoms with E-state index in [4.69, 9.17) is 10.5 Å². The Hall–Kier alpha value is -1.10. The van der Waals surface area contributed by atoms with Gasteiger partial charge in [0, 0.05) is 0 Å². The Morgan fingerprint density at radius 1 is 1.35 bits per heavy atom. The lowest BCUT2D eigenvalue weighted by Crippen LogP contribution is -2.47. The summed E-state index contributed by atoms with van der Waals surface area (Å²) >= 11 is 0. The predicted octanol–water partition coefficient (Wildman–Crippen LogP) is 2.23. The van der Waals surface area contributed by atoms with Gasteiger partial charge in [0.1, 0.15) is 5.54 Å². The summed E-state index contributed by atoms with van der Waals surface area (Å²) in [6.45, 7) is 7.66. The van der Waals surface area contributed by atoms with Gasteiger partial charge in [-0.2, -0.15) is 0 Å². The number of nitrogens with two attached hydrogens (primary N) is 1. The third-order valence-corrected chi connectivity index (χ3v) is 2.19. The quantitative estimate of drug-likeness (QED) is 0.441. The number of unbranched alkanes of at least 4 members (excludes halogenated alkanes) is 1. The molecule has 5 heteroatoms. The van der Waals surface area contributed by atoms with E-state index < -0.39 is 17.7 Å². The molecule has 0 rings (SSSR count). The summed E-state index contributed by atoms with van der Waals surface area (Å²) in [7, 11) is 0. The van der Waals surface area contributed by atoms with Crippen molar-refractivity contribution in [3.63, 3.8) is 0 Å². The van der Waals surface area contributed by atoms with Gasteiger partial charge in [-0.25, -0.2) is 9.59 Å². The molecule has 0 heterocycles. The van der Waals surface area contributed by atoms with Crippen molar-refractivity contribution in [1.29, 1.82) is 0 Å². The molecule has 1 atom stereocenters. The summed E-state index contributed by atoms with van der Waals surface area (Å²) in [6.07, 6.45) is 1.13. The largest absolute Gasteiger partial charge is 0.516 e. The van der Waals surface area contributed by atoms with E-state index in [0.717, 1.165) is 12.8 Å². The molecule has 0 aromatic heterocycles. The second-order valence-electron chi connectivity index (χ2n) is 4.86. The van der Waals surface area contributed by atoms with Crippen LogP contribution in [0.1, 0.15) is 47.0 Å². The van der Waals surface area contributed by atoms with E-state index in [1.54, 1.807) is 6.92 Å². The van der Waals surface area contributed by atoms with Gasteiger partial charge in [0.25, 0.3) is 0 Å². The van der Waals surface area contributed by atoms with Crippen molar-refractivity contribution in [2.45, 2.75) is 52.5 Å². The summed E-state index contributed by atoms with van der Waals surface area (Å²) in [5.41, 5.74) is 4.63. The lowest BCUT2D eigenvalue weighted by Gasteiger charge is -2.23. The van der Waals surface area contributed by atoms with Crippen molar-refractivity contribution >= 4 is 12.1 Å². The molecule has 0 spiro atoms. The van der Waals surface area contributed by atoms with Crippen molar-refractivity contribution in [2.24, 2.45) is 11.7 Å². The molecule has 1 unspecified atom stereocenters. The normalized spacial score (nSPS) is 14.2. The average molecular weight is 245 g/mol. The maximum atomic E-state index is 11.6. The fourth-order valence-corrected chi connectivity index (χ4v) is 1.45. The van der Waals surface area contributed by atoms with Crippen LogP contribution in [0.15, 0.2) is 0 Å². The van der Waals surface area contributed by atoms with Crippen LogP contribution in [-0.2, 0) is 14.3 Å². The molecule has 0 saturated carbocycles. The van der Waals surface area contributed by atoms with E-state index in [1.807, 2.05) is 20.8 Å². The van der Waals surface area contributed by atoms with Crippen LogP contribution in [0.3, 0.4) is 0 Å². The van der Waals surface area contributed by atoms with Gasteiger partial charge >= 0.3 is 12.1 Å². The van der Waals surface area contributed by atoms with Crippen LogP contribution < -0.4 is 5.73 Å². The molecule has 0 radical (unpaired) electrons. The zero-order chi connectivity index (χ0) is 13.5. The minimum absolute atomic E-state index is 0.244. The Kier molecular flexibility index (Phi) is 6.80. The lowest BCUT2D eigenvalue weighted by molar-refractivity contribution is -0.146. The fourth-order valence-electron chi connectivity index (χ4n) is 1.45. The highest BCUT2D eigenvalue weighted by Crippen LogP contribution is 2.15. The zero-order valence-electron chi connectivity index (χ0n) is 11.1. The molecular formula is C12H23NO4. The minimum atomic E-state index is -1.15. The molecule has 0 fully saturated rings. The van der Waals surface area contributed by atoms with Crippen molar-refractivity contribution in [3.8, 4) is 0 Å². The molecule has 0 saturated heterocycles. The highest BCUT2D eigenvalue weighted by atomic mass is 16.7. The van der Waals surface area contributed by atoms with Crippen LogP contribution in [-0.4, -0.2) is 24.3 Å². The van der Waals surface area contributed by atoms with Gasteiger partial charge in [-0.3, -0.25) is 0 Å². The van der Waals surface area contributed by atoms with E-state index in [-0.39, 0.29) is 12.5 Å². The van der Waals surface area contributed by atoms with Crippen molar-refractivity contribution in [1.82, 2.24) is 0 Å². The molecule has 17 heavy (non-hydrogen) atoms. The first-order valence-corrected chi connectivity index (χ1v) is 5.97. The van der Waals surface area contributed by atoms with Gasteiger partial charge in [0.05, 0.1) is 6.61 Å². The van der Waals surface area contributed by atoms with Gasteiger partial charge < -0.3 is 15.2 Å². The number of rotatable bonds is 6. The second-order valence-corrected chi connectivity index (χ2v) is 4.86. The maximum Gasteiger partial charge on any atom is 0.516 e. The average Bonchev–Trinajstić information content (AvgIpc) is 2.15. The number of hydrogen-bond donors (Lipinski definition) is 1. The Balaban J connectivity index is 4.10. The lowest BCUT2D eigenvalue weighted by atomic mass is 9.92. The molecule has 0 aliphatic carbocycles. The topological polar surface area (TPSA) is 78.6 Å². The van der Waals surface area contributed by atoms with Gasteiger partial charge in [-0.05, 0) is 25.7 Å². The van der Waals surface area contributed by atoms with Crippen LogP contribution in [0.5, 0.6) is 0 Å². The highest BCUT2D eigenvalue weighted by molar-refractivity contribution is 5.88. The van der Waals surface area contributed by atoms with E-state index in [9.17, 15) is 9.59 Å². The summed E-state index contributed by atoms with van der Waals surface area (Å²) in [5.74, 6) is -0.499. The molecule has 0 amide bonds. The van der Waals surface area contributed by atoms with Gasteiger partial charge in [-0.15, -0.1) is 0 Å². The maximum absolute atomic E-state index is 11.6. The highest BCUT2D eigenvalue weighted by Gasteiger charge is 2.33. The Morgan fingerprint density at radius 2 is 1.94 bits per heavy atom. The summed E-state index contributed by atoms with van der Waals surface area (Å²) < 4.78 is 9.25. The second kappa shape index (κ2) is 7.27. The number of carbonyl (C=O) groups is 2. The summed E-state index contributed by atoms with van der Waals surface area (Å²) in [5, 5.41) is 0. The predicted molar refractivity (Wildman–Crippen MR) is 64.4 cm³/mol. The number of ether oxygens (including phenoxy) is 2. The third kappa shape index (κ3) is 6.94. The molecular weight excluding hydrogens is 222 g/mol. The van der Waals surface area contributed by atoms with Crippen LogP contribution >= 0.6 is 0 Å². The molecule has 0 aliphatic rings. The molecule has 5 nitrogen and oxygen atoms in total. The monoisotopic (exact) mass is 245 g/mol. The van der Waals surface area contributed by atoms with E-state index in [1.165, 1.54) is 0 Å². The van der Waals surface area contributed by atoms with Gasteiger partial charge in [-0.1, -0.05) is 27.2 Å². The fraction of sp³-hybridized carbons (Fsp3) is 0.833. The van der Waals surface area contributed by atoms with E-state index in [2.05, 4.69) is 4.74 Å². The van der Waals surface area contributed by atoms with E-state index >= 15 is 0 Å². The first-order chi connectivity index (χ1) is 7.79. The Bertz CT molecular complexity index is 261. The molecule has 0 aromatic rings.